The predicted molar refractivity (Wildman–Crippen MR) is 61.2 cm³/mol. The van der Waals surface area contributed by atoms with Gasteiger partial charge in [0, 0.05) is 9.75 Å². The number of rotatable bonds is 2. The molecule has 0 radical (unpaired) electrons. The molecule has 1 aromatic heterocycles. The molecule has 0 bridgehead atoms. The fourth-order valence-electron chi connectivity index (χ4n) is 1.44. The molecule has 0 atom stereocenters. The Morgan fingerprint density at radius 1 is 1.12 bits per heavy atom. The smallest absolute Gasteiger partial charge is 0.406 e. The van der Waals surface area contributed by atoms with Crippen LogP contribution in [0.5, 0.6) is 5.75 Å². The lowest BCUT2D eigenvalue weighted by Crippen LogP contribution is -2.17. The van der Waals surface area contributed by atoms with Crippen LogP contribution in [0.4, 0.5) is 13.2 Å². The number of alkyl halides is 3. The van der Waals surface area contributed by atoms with Crippen molar-refractivity contribution in [3.63, 3.8) is 0 Å². The highest BCUT2D eigenvalue weighted by Crippen LogP contribution is 2.31. The van der Waals surface area contributed by atoms with E-state index in [0.717, 1.165) is 15.3 Å². The Labute approximate surface area is 100 Å². The van der Waals surface area contributed by atoms with E-state index in [-0.39, 0.29) is 5.75 Å². The Hall–Kier alpha value is -1.49. The van der Waals surface area contributed by atoms with Crippen molar-refractivity contribution in [3.8, 4) is 16.2 Å². The minimum absolute atomic E-state index is 0.193. The van der Waals surface area contributed by atoms with Crippen molar-refractivity contribution in [1.82, 2.24) is 0 Å². The highest BCUT2D eigenvalue weighted by molar-refractivity contribution is 7.15. The van der Waals surface area contributed by atoms with Gasteiger partial charge in [0.15, 0.2) is 0 Å². The topological polar surface area (TPSA) is 9.23 Å². The maximum atomic E-state index is 12.1. The number of hydrogen-bond donors (Lipinski definition) is 0. The summed E-state index contributed by atoms with van der Waals surface area (Å²) in [4.78, 5) is 2.04. The van der Waals surface area contributed by atoms with Gasteiger partial charge in [-0.1, -0.05) is 12.1 Å². The van der Waals surface area contributed by atoms with Crippen LogP contribution in [0.25, 0.3) is 10.4 Å². The molecule has 0 saturated carbocycles. The maximum Gasteiger partial charge on any atom is 0.573 e. The van der Waals surface area contributed by atoms with E-state index in [1.54, 1.807) is 12.1 Å². The van der Waals surface area contributed by atoms with Crippen LogP contribution in [-0.2, 0) is 0 Å². The molecule has 0 aliphatic heterocycles. The molecule has 1 heterocycles. The van der Waals surface area contributed by atoms with Crippen molar-refractivity contribution in [3.05, 3.63) is 41.3 Å². The van der Waals surface area contributed by atoms with E-state index in [9.17, 15) is 13.2 Å². The van der Waals surface area contributed by atoms with Gasteiger partial charge in [-0.05, 0) is 36.8 Å². The predicted octanol–water partition coefficient (Wildman–Crippen LogP) is 4.62. The highest BCUT2D eigenvalue weighted by atomic mass is 32.1. The molecule has 2 aromatic rings. The Bertz CT molecular complexity index is 516. The standard InChI is InChI=1S/C12H9F3OS/c1-8-5-6-11(17-8)9-3-2-4-10(7-9)16-12(13,14)15/h2-7H,1H3. The number of thiophene rings is 1. The van der Waals surface area contributed by atoms with Crippen LogP contribution in [-0.4, -0.2) is 6.36 Å². The summed E-state index contributed by atoms with van der Waals surface area (Å²) in [5.74, 6) is -0.193. The molecule has 90 valence electrons. The molecule has 1 aromatic carbocycles. The first kappa shape index (κ1) is 12.0. The van der Waals surface area contributed by atoms with Gasteiger partial charge in [-0.2, -0.15) is 0 Å². The summed E-state index contributed by atoms with van der Waals surface area (Å²) in [5, 5.41) is 0. The summed E-state index contributed by atoms with van der Waals surface area (Å²) in [6.07, 6.45) is -4.65. The van der Waals surface area contributed by atoms with Crippen LogP contribution in [0.2, 0.25) is 0 Å². The lowest BCUT2D eigenvalue weighted by atomic mass is 10.2. The fourth-order valence-corrected chi connectivity index (χ4v) is 2.30. The second-order valence-electron chi connectivity index (χ2n) is 3.49. The zero-order valence-corrected chi connectivity index (χ0v) is 9.73. The number of halogens is 3. The summed E-state index contributed by atoms with van der Waals surface area (Å²) in [5.41, 5.74) is 0.727. The van der Waals surface area contributed by atoms with Gasteiger partial charge >= 0.3 is 6.36 Å². The molecule has 0 saturated heterocycles. The maximum absolute atomic E-state index is 12.1. The molecule has 1 nitrogen and oxygen atoms in total. The molecule has 2 rings (SSSR count). The Balaban J connectivity index is 2.29. The molecule has 0 aliphatic carbocycles. The zero-order valence-electron chi connectivity index (χ0n) is 8.91. The van der Waals surface area contributed by atoms with Gasteiger partial charge in [0.1, 0.15) is 5.75 Å². The van der Waals surface area contributed by atoms with Crippen LogP contribution < -0.4 is 4.74 Å². The summed E-state index contributed by atoms with van der Waals surface area (Å²) in [7, 11) is 0. The highest BCUT2D eigenvalue weighted by Gasteiger charge is 2.31. The van der Waals surface area contributed by atoms with Gasteiger partial charge in [0.05, 0.1) is 0 Å². The van der Waals surface area contributed by atoms with Gasteiger partial charge in [-0.15, -0.1) is 24.5 Å². The molecule has 0 unspecified atom stereocenters. The molecule has 5 heteroatoms. The number of aryl methyl sites for hydroxylation is 1. The summed E-state index contributed by atoms with van der Waals surface area (Å²) < 4.78 is 40.1. The van der Waals surface area contributed by atoms with Crippen LogP contribution in [0.1, 0.15) is 4.88 Å². The van der Waals surface area contributed by atoms with Crippen molar-refractivity contribution in [2.24, 2.45) is 0 Å². The minimum atomic E-state index is -4.65. The Morgan fingerprint density at radius 3 is 2.47 bits per heavy atom. The van der Waals surface area contributed by atoms with E-state index < -0.39 is 6.36 Å². The molecular formula is C12H9F3OS. The normalized spacial score (nSPS) is 11.5. The molecular weight excluding hydrogens is 249 g/mol. The van der Waals surface area contributed by atoms with Crippen molar-refractivity contribution in [2.75, 3.05) is 0 Å². The third-order valence-electron chi connectivity index (χ3n) is 2.09. The Kier molecular flexibility index (Phi) is 3.11. The minimum Gasteiger partial charge on any atom is -0.406 e. The SMILES string of the molecule is Cc1ccc(-c2cccc(OC(F)(F)F)c2)s1. The summed E-state index contributed by atoms with van der Waals surface area (Å²) in [6.45, 7) is 1.95. The summed E-state index contributed by atoms with van der Waals surface area (Å²) in [6, 6.07) is 9.79. The second-order valence-corrected chi connectivity index (χ2v) is 4.77. The molecule has 0 N–H and O–H groups in total. The van der Waals surface area contributed by atoms with E-state index in [2.05, 4.69) is 4.74 Å². The van der Waals surface area contributed by atoms with Gasteiger partial charge in [0.2, 0.25) is 0 Å². The third-order valence-corrected chi connectivity index (χ3v) is 3.14. The van der Waals surface area contributed by atoms with Crippen molar-refractivity contribution >= 4 is 11.3 Å². The molecule has 0 fully saturated rings. The largest absolute Gasteiger partial charge is 0.573 e. The zero-order chi connectivity index (χ0) is 12.5. The van der Waals surface area contributed by atoms with Gasteiger partial charge < -0.3 is 4.74 Å². The quantitative estimate of drug-likeness (QED) is 0.763. The van der Waals surface area contributed by atoms with E-state index in [1.165, 1.54) is 23.5 Å². The van der Waals surface area contributed by atoms with Crippen LogP contribution >= 0.6 is 11.3 Å². The lowest BCUT2D eigenvalue weighted by molar-refractivity contribution is -0.274. The lowest BCUT2D eigenvalue weighted by Gasteiger charge is -2.09. The molecule has 0 amide bonds. The molecule has 0 spiro atoms. The van der Waals surface area contributed by atoms with Crippen LogP contribution in [0.3, 0.4) is 0 Å². The Morgan fingerprint density at radius 2 is 1.88 bits per heavy atom. The van der Waals surface area contributed by atoms with E-state index in [4.69, 9.17) is 0 Å². The van der Waals surface area contributed by atoms with Crippen LogP contribution in [0, 0.1) is 6.92 Å². The van der Waals surface area contributed by atoms with Crippen LogP contribution in [0.15, 0.2) is 36.4 Å². The fraction of sp³-hybridized carbons (Fsp3) is 0.167. The van der Waals surface area contributed by atoms with Crippen molar-refractivity contribution < 1.29 is 17.9 Å². The van der Waals surface area contributed by atoms with Gasteiger partial charge in [0.25, 0.3) is 0 Å². The van der Waals surface area contributed by atoms with E-state index >= 15 is 0 Å². The van der Waals surface area contributed by atoms with Gasteiger partial charge in [-0.25, -0.2) is 0 Å². The van der Waals surface area contributed by atoms with E-state index in [1.807, 2.05) is 19.1 Å². The monoisotopic (exact) mass is 258 g/mol. The summed E-state index contributed by atoms with van der Waals surface area (Å²) >= 11 is 1.53. The first-order valence-corrected chi connectivity index (χ1v) is 5.68. The van der Waals surface area contributed by atoms with E-state index in [0.29, 0.717) is 0 Å². The molecule has 17 heavy (non-hydrogen) atoms. The van der Waals surface area contributed by atoms with Crippen molar-refractivity contribution in [1.29, 1.82) is 0 Å². The average Bonchev–Trinajstić information content (AvgIpc) is 2.63. The first-order valence-electron chi connectivity index (χ1n) is 4.87. The van der Waals surface area contributed by atoms with Gasteiger partial charge in [-0.3, -0.25) is 0 Å². The average molecular weight is 258 g/mol. The number of hydrogen-bond acceptors (Lipinski definition) is 2. The second kappa shape index (κ2) is 4.41. The first-order chi connectivity index (χ1) is 7.94. The number of benzene rings is 1. The number of ether oxygens (including phenoxy) is 1. The molecule has 0 aliphatic rings. The third kappa shape index (κ3) is 3.23. The van der Waals surface area contributed by atoms with Crippen molar-refractivity contribution in [2.45, 2.75) is 13.3 Å².